The zero-order chi connectivity index (χ0) is 32.3. The molecule has 0 spiro atoms. The SMILES string of the molecule is O=C(N[C@H](Cc1c[nH]c2ccccc12)c1nnc(CCCc2c[nH]c3ccccc23)n1Cc1cccc2ccccc12)c1ccccn1. The van der Waals surface area contributed by atoms with Gasteiger partial charge in [0.05, 0.1) is 12.6 Å². The average molecular weight is 630 g/mol. The summed E-state index contributed by atoms with van der Waals surface area (Å²) in [5.41, 5.74) is 6.13. The number of fused-ring (bicyclic) bond motifs is 3. The van der Waals surface area contributed by atoms with Crippen molar-refractivity contribution < 1.29 is 4.79 Å². The van der Waals surface area contributed by atoms with Crippen molar-refractivity contribution >= 4 is 38.5 Å². The molecule has 0 aliphatic carbocycles. The third-order valence-corrected chi connectivity index (χ3v) is 9.20. The highest BCUT2D eigenvalue weighted by Crippen LogP contribution is 2.28. The van der Waals surface area contributed by atoms with Crippen LogP contribution in [0.15, 0.2) is 128 Å². The minimum atomic E-state index is -0.455. The molecule has 3 N–H and O–H groups in total. The monoisotopic (exact) mass is 629 g/mol. The number of hydrogen-bond acceptors (Lipinski definition) is 4. The van der Waals surface area contributed by atoms with E-state index in [1.807, 2.05) is 30.5 Å². The number of para-hydroxylation sites is 2. The molecule has 0 aliphatic heterocycles. The van der Waals surface area contributed by atoms with Crippen LogP contribution in [0.5, 0.6) is 0 Å². The Morgan fingerprint density at radius 2 is 1.38 bits per heavy atom. The number of carbonyl (C=O) groups is 1. The normalized spacial score (nSPS) is 12.2. The maximum atomic E-state index is 13.6. The molecule has 236 valence electrons. The van der Waals surface area contributed by atoms with Crippen molar-refractivity contribution in [2.45, 2.75) is 38.3 Å². The summed E-state index contributed by atoms with van der Waals surface area (Å²) >= 11 is 0. The van der Waals surface area contributed by atoms with Gasteiger partial charge in [0.1, 0.15) is 11.5 Å². The van der Waals surface area contributed by atoms with E-state index in [4.69, 9.17) is 10.2 Å². The van der Waals surface area contributed by atoms with Gasteiger partial charge in [-0.05, 0) is 64.6 Å². The second kappa shape index (κ2) is 13.0. The lowest BCUT2D eigenvalue weighted by Crippen LogP contribution is -2.33. The number of nitrogens with one attached hydrogen (secondary N) is 3. The highest BCUT2D eigenvalue weighted by Gasteiger charge is 2.26. The van der Waals surface area contributed by atoms with Crippen LogP contribution in [-0.4, -0.2) is 35.6 Å². The van der Waals surface area contributed by atoms with E-state index >= 15 is 0 Å². The second-order valence-corrected chi connectivity index (χ2v) is 12.2. The summed E-state index contributed by atoms with van der Waals surface area (Å²) < 4.78 is 2.22. The smallest absolute Gasteiger partial charge is 0.270 e. The van der Waals surface area contributed by atoms with Gasteiger partial charge in [0, 0.05) is 53.2 Å². The van der Waals surface area contributed by atoms with Gasteiger partial charge in [0.2, 0.25) is 0 Å². The first-order valence-electron chi connectivity index (χ1n) is 16.4. The third kappa shape index (κ3) is 5.84. The summed E-state index contributed by atoms with van der Waals surface area (Å²) in [6.45, 7) is 0.579. The van der Waals surface area contributed by atoms with Crippen molar-refractivity contribution in [3.63, 3.8) is 0 Å². The Balaban J connectivity index is 1.17. The Morgan fingerprint density at radius 1 is 0.688 bits per heavy atom. The fourth-order valence-corrected chi connectivity index (χ4v) is 6.80. The Hall–Kier alpha value is -6.02. The molecule has 1 amide bonds. The number of rotatable bonds is 11. The van der Waals surface area contributed by atoms with Crippen LogP contribution >= 0.6 is 0 Å². The van der Waals surface area contributed by atoms with Crippen molar-refractivity contribution in [2.24, 2.45) is 0 Å². The minimum Gasteiger partial charge on any atom is -0.361 e. The van der Waals surface area contributed by atoms with Crippen molar-refractivity contribution in [3.8, 4) is 0 Å². The maximum absolute atomic E-state index is 13.6. The zero-order valence-electron chi connectivity index (χ0n) is 26.4. The van der Waals surface area contributed by atoms with Gasteiger partial charge in [-0.15, -0.1) is 10.2 Å². The van der Waals surface area contributed by atoms with E-state index in [0.29, 0.717) is 18.7 Å². The third-order valence-electron chi connectivity index (χ3n) is 9.20. The van der Waals surface area contributed by atoms with E-state index in [0.717, 1.165) is 52.9 Å². The Kier molecular flexibility index (Phi) is 7.96. The fraction of sp³-hybridized carbons (Fsp3) is 0.150. The van der Waals surface area contributed by atoms with Crippen molar-refractivity contribution in [3.05, 3.63) is 162 Å². The van der Waals surface area contributed by atoms with Crippen molar-refractivity contribution in [1.29, 1.82) is 0 Å². The van der Waals surface area contributed by atoms with Crippen LogP contribution in [0.3, 0.4) is 0 Å². The van der Waals surface area contributed by atoms with E-state index in [1.165, 1.54) is 27.3 Å². The summed E-state index contributed by atoms with van der Waals surface area (Å²) in [4.78, 5) is 24.8. The average Bonchev–Trinajstić information content (AvgIpc) is 3.86. The van der Waals surface area contributed by atoms with Crippen molar-refractivity contribution in [1.82, 2.24) is 35.0 Å². The lowest BCUT2D eigenvalue weighted by molar-refractivity contribution is 0.0929. The number of aromatic amines is 2. The van der Waals surface area contributed by atoms with Crippen molar-refractivity contribution in [2.75, 3.05) is 0 Å². The molecule has 0 saturated heterocycles. The standard InChI is InChI=1S/C40H35N7O/c48-40(36-20-7-8-22-41-36)44-37(23-30-25-43-35-19-6-4-17-33(30)35)39-46-45-38(21-10-13-28-24-42-34-18-5-3-16-32(28)34)47(39)26-29-14-9-12-27-11-1-2-15-31(27)29/h1-9,11-12,14-20,22,24-25,37,42-43H,10,13,21,23,26H2,(H,44,48)/t37-/m1/s1. The first-order chi connectivity index (χ1) is 23.7. The summed E-state index contributed by atoms with van der Waals surface area (Å²) in [5, 5.41) is 17.7. The van der Waals surface area contributed by atoms with E-state index in [-0.39, 0.29) is 5.91 Å². The molecule has 0 unspecified atom stereocenters. The van der Waals surface area contributed by atoms with E-state index in [2.05, 4.69) is 110 Å². The molecule has 4 aromatic heterocycles. The summed E-state index contributed by atoms with van der Waals surface area (Å²) in [6, 6.07) is 36.4. The molecule has 4 heterocycles. The van der Waals surface area contributed by atoms with Crippen LogP contribution in [0.25, 0.3) is 32.6 Å². The number of carbonyl (C=O) groups excluding carboxylic acids is 1. The molecule has 0 fully saturated rings. The Bertz CT molecular complexity index is 2350. The lowest BCUT2D eigenvalue weighted by Gasteiger charge is -2.20. The number of amides is 1. The van der Waals surface area contributed by atoms with Gasteiger partial charge >= 0.3 is 0 Å². The number of benzene rings is 4. The van der Waals surface area contributed by atoms with Crippen LogP contribution in [0.1, 0.15) is 51.3 Å². The lowest BCUT2D eigenvalue weighted by atomic mass is 10.0. The molecule has 0 aliphatic rings. The van der Waals surface area contributed by atoms with Crippen LogP contribution in [0, 0.1) is 0 Å². The van der Waals surface area contributed by atoms with Crippen LogP contribution in [0.4, 0.5) is 0 Å². The fourth-order valence-electron chi connectivity index (χ4n) is 6.80. The number of nitrogens with zero attached hydrogens (tertiary/aromatic N) is 4. The van der Waals surface area contributed by atoms with Crippen LogP contribution < -0.4 is 5.32 Å². The highest BCUT2D eigenvalue weighted by atomic mass is 16.2. The predicted octanol–water partition coefficient (Wildman–Crippen LogP) is 7.73. The topological polar surface area (TPSA) is 104 Å². The highest BCUT2D eigenvalue weighted by molar-refractivity contribution is 5.92. The van der Waals surface area contributed by atoms with Gasteiger partial charge in [-0.2, -0.15) is 0 Å². The summed E-state index contributed by atoms with van der Waals surface area (Å²) in [5.74, 6) is 1.37. The van der Waals surface area contributed by atoms with Gasteiger partial charge in [0.15, 0.2) is 5.82 Å². The number of H-pyrrole nitrogens is 2. The first kappa shape index (κ1) is 29.4. The molecule has 8 heteroatoms. The number of hydrogen-bond donors (Lipinski definition) is 3. The van der Waals surface area contributed by atoms with Crippen LogP contribution in [0.2, 0.25) is 0 Å². The molecular formula is C40H35N7O. The molecule has 8 rings (SSSR count). The first-order valence-corrected chi connectivity index (χ1v) is 16.4. The van der Waals surface area contributed by atoms with Gasteiger partial charge in [-0.3, -0.25) is 9.78 Å². The molecule has 4 aromatic carbocycles. The number of aromatic nitrogens is 6. The van der Waals surface area contributed by atoms with E-state index < -0.39 is 6.04 Å². The quantitative estimate of drug-likeness (QED) is 0.136. The molecule has 8 nitrogen and oxygen atoms in total. The second-order valence-electron chi connectivity index (χ2n) is 12.2. The van der Waals surface area contributed by atoms with E-state index in [9.17, 15) is 4.79 Å². The molecule has 8 aromatic rings. The molecular weight excluding hydrogens is 594 g/mol. The molecule has 0 radical (unpaired) electrons. The summed E-state index contributed by atoms with van der Waals surface area (Å²) in [6.07, 6.45) is 8.87. The minimum absolute atomic E-state index is 0.249. The van der Waals surface area contributed by atoms with Gasteiger partial charge in [0.25, 0.3) is 5.91 Å². The Labute approximate surface area is 277 Å². The van der Waals surface area contributed by atoms with E-state index in [1.54, 1.807) is 12.3 Å². The van der Waals surface area contributed by atoms with Gasteiger partial charge < -0.3 is 19.9 Å². The molecule has 0 bridgehead atoms. The zero-order valence-corrected chi connectivity index (χ0v) is 26.4. The van der Waals surface area contributed by atoms with Crippen LogP contribution in [-0.2, 0) is 25.8 Å². The molecule has 0 saturated carbocycles. The predicted molar refractivity (Wildman–Crippen MR) is 190 cm³/mol. The van der Waals surface area contributed by atoms with Gasteiger partial charge in [-0.1, -0.05) is 84.9 Å². The summed E-state index contributed by atoms with van der Waals surface area (Å²) in [7, 11) is 0. The molecule has 48 heavy (non-hydrogen) atoms. The maximum Gasteiger partial charge on any atom is 0.270 e. The number of aryl methyl sites for hydroxylation is 2. The number of pyridine rings is 1. The Morgan fingerprint density at radius 3 is 2.17 bits per heavy atom. The van der Waals surface area contributed by atoms with Gasteiger partial charge in [-0.25, -0.2) is 0 Å². The molecule has 1 atom stereocenters. The largest absolute Gasteiger partial charge is 0.361 e.